The van der Waals surface area contributed by atoms with Gasteiger partial charge in [-0.15, -0.1) is 0 Å². The number of hydrogen-bond donors (Lipinski definition) is 2. The molecular formula is C17H22N2O. The van der Waals surface area contributed by atoms with Crippen LogP contribution in [-0.4, -0.2) is 16.6 Å². The van der Waals surface area contributed by atoms with Crippen LogP contribution in [-0.2, 0) is 12.1 Å². The Morgan fingerprint density at radius 3 is 2.55 bits per heavy atom. The van der Waals surface area contributed by atoms with Gasteiger partial charge < -0.3 is 10.4 Å². The maximum absolute atomic E-state index is 10.7. The molecule has 3 nitrogen and oxygen atoms in total. The average molecular weight is 270 g/mol. The Morgan fingerprint density at radius 2 is 1.85 bits per heavy atom. The van der Waals surface area contributed by atoms with E-state index in [4.69, 9.17) is 0 Å². The van der Waals surface area contributed by atoms with Crippen LogP contribution in [0.3, 0.4) is 0 Å². The lowest BCUT2D eigenvalue weighted by atomic mass is 9.90. The predicted octanol–water partition coefficient (Wildman–Crippen LogP) is 2.70. The second kappa shape index (κ2) is 6.16. The fraction of sp³-hybridized carbons (Fsp3) is 0.353. The molecule has 20 heavy (non-hydrogen) atoms. The van der Waals surface area contributed by atoms with Crippen molar-refractivity contribution in [1.82, 2.24) is 10.3 Å². The van der Waals surface area contributed by atoms with E-state index in [1.807, 2.05) is 32.9 Å². The summed E-state index contributed by atoms with van der Waals surface area (Å²) in [6.45, 7) is 7.17. The van der Waals surface area contributed by atoms with Crippen molar-refractivity contribution in [2.45, 2.75) is 32.9 Å². The molecule has 2 N–H and O–H groups in total. The number of pyridine rings is 1. The van der Waals surface area contributed by atoms with Crippen molar-refractivity contribution < 1.29 is 5.11 Å². The Bertz CT molecular complexity index is 564. The molecule has 0 spiro atoms. The van der Waals surface area contributed by atoms with Crippen molar-refractivity contribution in [3.8, 4) is 0 Å². The molecule has 0 saturated heterocycles. The number of rotatable bonds is 5. The lowest BCUT2D eigenvalue weighted by Gasteiger charge is -2.26. The van der Waals surface area contributed by atoms with Crippen LogP contribution in [0.5, 0.6) is 0 Å². The Labute approximate surface area is 120 Å². The highest BCUT2D eigenvalue weighted by Crippen LogP contribution is 2.24. The van der Waals surface area contributed by atoms with Gasteiger partial charge in [0.2, 0.25) is 0 Å². The summed E-state index contributed by atoms with van der Waals surface area (Å²) < 4.78 is 0. The van der Waals surface area contributed by atoms with E-state index in [1.165, 1.54) is 5.56 Å². The largest absolute Gasteiger partial charge is 0.384 e. The van der Waals surface area contributed by atoms with Crippen LogP contribution < -0.4 is 5.32 Å². The van der Waals surface area contributed by atoms with Crippen molar-refractivity contribution in [2.75, 3.05) is 6.54 Å². The van der Waals surface area contributed by atoms with Gasteiger partial charge in [-0.25, -0.2) is 0 Å². The van der Waals surface area contributed by atoms with Crippen molar-refractivity contribution in [3.63, 3.8) is 0 Å². The number of aliphatic hydroxyl groups is 1. The molecule has 1 atom stereocenters. The second-order valence-corrected chi connectivity index (χ2v) is 5.55. The van der Waals surface area contributed by atoms with Gasteiger partial charge in [-0.1, -0.05) is 23.8 Å². The molecule has 1 heterocycles. The van der Waals surface area contributed by atoms with E-state index >= 15 is 0 Å². The van der Waals surface area contributed by atoms with Gasteiger partial charge in [0.1, 0.15) is 0 Å². The Morgan fingerprint density at radius 1 is 1.15 bits per heavy atom. The van der Waals surface area contributed by atoms with E-state index < -0.39 is 5.60 Å². The standard InChI is InChI=1S/C17H22N2O/c1-13-4-5-14(2)16(10-13)17(3,20)12-19-11-15-6-8-18-9-7-15/h4-10,19-20H,11-12H2,1-3H3. The first-order valence-corrected chi connectivity index (χ1v) is 6.89. The van der Waals surface area contributed by atoms with Crippen LogP contribution in [0.1, 0.15) is 29.2 Å². The minimum absolute atomic E-state index is 0.514. The number of benzene rings is 1. The normalized spacial score (nSPS) is 14.0. The topological polar surface area (TPSA) is 45.1 Å². The van der Waals surface area contributed by atoms with E-state index in [0.29, 0.717) is 6.54 Å². The van der Waals surface area contributed by atoms with E-state index in [1.54, 1.807) is 12.4 Å². The van der Waals surface area contributed by atoms with Crippen LogP contribution in [0.25, 0.3) is 0 Å². The first-order chi connectivity index (χ1) is 9.49. The molecule has 0 aliphatic carbocycles. The monoisotopic (exact) mass is 270 g/mol. The van der Waals surface area contributed by atoms with E-state index in [9.17, 15) is 5.11 Å². The molecule has 0 saturated carbocycles. The first-order valence-electron chi connectivity index (χ1n) is 6.89. The minimum Gasteiger partial charge on any atom is -0.384 e. The van der Waals surface area contributed by atoms with E-state index in [0.717, 1.165) is 23.2 Å². The molecule has 0 bridgehead atoms. The summed E-state index contributed by atoms with van der Waals surface area (Å²) in [5.74, 6) is 0. The predicted molar refractivity (Wildman–Crippen MR) is 81.4 cm³/mol. The van der Waals surface area contributed by atoms with Gasteiger partial charge in [0.05, 0.1) is 5.60 Å². The molecular weight excluding hydrogens is 248 g/mol. The lowest BCUT2D eigenvalue weighted by molar-refractivity contribution is 0.0560. The van der Waals surface area contributed by atoms with Crippen molar-refractivity contribution in [3.05, 3.63) is 65.0 Å². The quantitative estimate of drug-likeness (QED) is 0.878. The third-order valence-corrected chi connectivity index (χ3v) is 3.52. The zero-order valence-corrected chi connectivity index (χ0v) is 12.4. The van der Waals surface area contributed by atoms with Crippen LogP contribution in [0.15, 0.2) is 42.7 Å². The molecule has 1 unspecified atom stereocenters. The van der Waals surface area contributed by atoms with E-state index in [2.05, 4.69) is 28.5 Å². The summed E-state index contributed by atoms with van der Waals surface area (Å²) in [6.07, 6.45) is 3.56. The molecule has 0 fully saturated rings. The van der Waals surface area contributed by atoms with Crippen LogP contribution in [0.4, 0.5) is 0 Å². The maximum atomic E-state index is 10.7. The number of nitrogens with zero attached hydrogens (tertiary/aromatic N) is 1. The van der Waals surface area contributed by atoms with Crippen molar-refractivity contribution in [1.29, 1.82) is 0 Å². The molecule has 106 valence electrons. The SMILES string of the molecule is Cc1ccc(C)c(C(C)(O)CNCc2ccncc2)c1. The molecule has 1 aromatic heterocycles. The second-order valence-electron chi connectivity index (χ2n) is 5.55. The highest BCUT2D eigenvalue weighted by molar-refractivity contribution is 5.34. The third-order valence-electron chi connectivity index (χ3n) is 3.52. The number of nitrogens with one attached hydrogen (secondary N) is 1. The summed E-state index contributed by atoms with van der Waals surface area (Å²) >= 11 is 0. The van der Waals surface area contributed by atoms with Gasteiger partial charge in [-0.3, -0.25) is 4.98 Å². The first kappa shape index (κ1) is 14.7. The number of aromatic nitrogens is 1. The summed E-state index contributed by atoms with van der Waals surface area (Å²) in [4.78, 5) is 3.99. The van der Waals surface area contributed by atoms with Gasteiger partial charge in [0.15, 0.2) is 0 Å². The fourth-order valence-corrected chi connectivity index (χ4v) is 2.36. The summed E-state index contributed by atoms with van der Waals surface area (Å²) in [6, 6.07) is 10.1. The van der Waals surface area contributed by atoms with Gasteiger partial charge >= 0.3 is 0 Å². The smallest absolute Gasteiger partial charge is 0.0995 e. The molecule has 0 aliphatic rings. The molecule has 2 rings (SSSR count). The van der Waals surface area contributed by atoms with Crippen molar-refractivity contribution in [2.24, 2.45) is 0 Å². The zero-order valence-electron chi connectivity index (χ0n) is 12.4. The average Bonchev–Trinajstić information content (AvgIpc) is 2.42. The minimum atomic E-state index is -0.872. The van der Waals surface area contributed by atoms with Gasteiger partial charge in [-0.2, -0.15) is 0 Å². The van der Waals surface area contributed by atoms with E-state index in [-0.39, 0.29) is 0 Å². The zero-order chi connectivity index (χ0) is 14.6. The molecule has 1 aromatic carbocycles. The molecule has 3 heteroatoms. The highest BCUT2D eigenvalue weighted by Gasteiger charge is 2.24. The number of aryl methyl sites for hydroxylation is 2. The summed E-state index contributed by atoms with van der Waals surface area (Å²) in [7, 11) is 0. The Kier molecular flexibility index (Phi) is 4.53. The lowest BCUT2D eigenvalue weighted by Crippen LogP contribution is -2.35. The maximum Gasteiger partial charge on any atom is 0.0995 e. The number of hydrogen-bond acceptors (Lipinski definition) is 3. The summed E-state index contributed by atoms with van der Waals surface area (Å²) in [5.41, 5.74) is 3.56. The van der Waals surface area contributed by atoms with Gasteiger partial charge in [0, 0.05) is 25.5 Å². The molecule has 0 amide bonds. The van der Waals surface area contributed by atoms with Gasteiger partial charge in [0.25, 0.3) is 0 Å². The molecule has 0 aliphatic heterocycles. The Balaban J connectivity index is 2.02. The molecule has 0 radical (unpaired) electrons. The van der Waals surface area contributed by atoms with Crippen LogP contribution in [0.2, 0.25) is 0 Å². The summed E-state index contributed by atoms with van der Waals surface area (Å²) in [5, 5.41) is 14.0. The van der Waals surface area contributed by atoms with Crippen molar-refractivity contribution >= 4 is 0 Å². The van der Waals surface area contributed by atoms with Crippen LogP contribution >= 0.6 is 0 Å². The van der Waals surface area contributed by atoms with Crippen LogP contribution in [0, 0.1) is 13.8 Å². The Hall–Kier alpha value is -1.71. The molecule has 2 aromatic rings. The highest BCUT2D eigenvalue weighted by atomic mass is 16.3. The fourth-order valence-electron chi connectivity index (χ4n) is 2.36. The van der Waals surface area contributed by atoms with Gasteiger partial charge in [-0.05, 0) is 49.6 Å². The third kappa shape index (κ3) is 3.65.